The molecule has 0 bridgehead atoms. The Hall–Kier alpha value is -2.38. The minimum absolute atomic E-state index is 0.586. The Labute approximate surface area is 126 Å². The number of nitriles is 1. The van der Waals surface area contributed by atoms with E-state index in [4.69, 9.17) is 5.26 Å². The van der Waals surface area contributed by atoms with Gasteiger partial charge in [0.2, 0.25) is 0 Å². The van der Waals surface area contributed by atoms with Crippen LogP contribution in [0.15, 0.2) is 48.7 Å². The summed E-state index contributed by atoms with van der Waals surface area (Å²) in [7, 11) is 2.13. The number of aromatic nitrogens is 1. The van der Waals surface area contributed by atoms with Crippen molar-refractivity contribution in [1.82, 2.24) is 9.88 Å². The van der Waals surface area contributed by atoms with Crippen LogP contribution in [0.3, 0.4) is 0 Å². The SMILES string of the molecule is CN(CCCNc1ccc(C#N)cn1)Cc1ccccc1. The molecule has 0 aliphatic heterocycles. The van der Waals surface area contributed by atoms with Crippen LogP contribution in [-0.4, -0.2) is 30.0 Å². The predicted molar refractivity (Wildman–Crippen MR) is 84.8 cm³/mol. The first-order valence-electron chi connectivity index (χ1n) is 7.10. The van der Waals surface area contributed by atoms with E-state index in [1.54, 1.807) is 12.3 Å². The number of rotatable bonds is 7. The second-order valence-corrected chi connectivity index (χ2v) is 5.05. The van der Waals surface area contributed by atoms with Crippen LogP contribution < -0.4 is 5.32 Å². The maximum atomic E-state index is 8.71. The van der Waals surface area contributed by atoms with E-state index >= 15 is 0 Å². The van der Waals surface area contributed by atoms with E-state index in [0.29, 0.717) is 5.56 Å². The summed E-state index contributed by atoms with van der Waals surface area (Å²) in [5, 5.41) is 12.0. The number of nitrogens with zero attached hydrogens (tertiary/aromatic N) is 3. The van der Waals surface area contributed by atoms with Crippen LogP contribution in [0.1, 0.15) is 17.5 Å². The van der Waals surface area contributed by atoms with E-state index in [1.807, 2.05) is 12.1 Å². The summed E-state index contributed by atoms with van der Waals surface area (Å²) in [5.41, 5.74) is 1.92. The third kappa shape index (κ3) is 5.25. The zero-order chi connectivity index (χ0) is 14.9. The molecule has 0 radical (unpaired) electrons. The lowest BCUT2D eigenvalue weighted by molar-refractivity contribution is 0.325. The molecule has 1 heterocycles. The lowest BCUT2D eigenvalue weighted by Gasteiger charge is -2.16. The van der Waals surface area contributed by atoms with Crippen LogP contribution in [-0.2, 0) is 6.54 Å². The number of hydrogen-bond donors (Lipinski definition) is 1. The zero-order valence-electron chi connectivity index (χ0n) is 12.3. The molecule has 0 amide bonds. The van der Waals surface area contributed by atoms with Gasteiger partial charge in [0.25, 0.3) is 0 Å². The Bertz CT molecular complexity index is 572. The van der Waals surface area contributed by atoms with Crippen LogP contribution in [0.4, 0.5) is 5.82 Å². The molecule has 2 rings (SSSR count). The van der Waals surface area contributed by atoms with E-state index in [1.165, 1.54) is 5.56 Å². The predicted octanol–water partition coefficient (Wildman–Crippen LogP) is 2.89. The maximum Gasteiger partial charge on any atom is 0.125 e. The summed E-state index contributed by atoms with van der Waals surface area (Å²) in [6.07, 6.45) is 2.63. The molecule has 0 atom stereocenters. The highest BCUT2D eigenvalue weighted by Crippen LogP contribution is 2.05. The number of benzene rings is 1. The fraction of sp³-hybridized carbons (Fsp3) is 0.294. The Morgan fingerprint density at radius 2 is 2.00 bits per heavy atom. The summed E-state index contributed by atoms with van der Waals surface area (Å²) in [5.74, 6) is 0.819. The van der Waals surface area contributed by atoms with Crippen LogP contribution in [0.25, 0.3) is 0 Å². The van der Waals surface area contributed by atoms with Crippen molar-refractivity contribution in [3.05, 3.63) is 59.8 Å². The van der Waals surface area contributed by atoms with Crippen molar-refractivity contribution in [3.63, 3.8) is 0 Å². The van der Waals surface area contributed by atoms with Crippen molar-refractivity contribution in [2.75, 3.05) is 25.5 Å². The smallest absolute Gasteiger partial charge is 0.125 e. The van der Waals surface area contributed by atoms with E-state index in [2.05, 4.69) is 52.6 Å². The van der Waals surface area contributed by atoms with Gasteiger partial charge in [0.1, 0.15) is 11.9 Å². The summed E-state index contributed by atoms with van der Waals surface area (Å²) >= 11 is 0. The highest BCUT2D eigenvalue weighted by Gasteiger charge is 2.00. The molecule has 2 aromatic rings. The molecule has 0 saturated carbocycles. The van der Waals surface area contributed by atoms with Crippen molar-refractivity contribution >= 4 is 5.82 Å². The minimum Gasteiger partial charge on any atom is -0.370 e. The average Bonchev–Trinajstić information content (AvgIpc) is 2.53. The van der Waals surface area contributed by atoms with Crippen LogP contribution in [0.2, 0.25) is 0 Å². The summed E-state index contributed by atoms with van der Waals surface area (Å²) in [6, 6.07) is 16.2. The molecule has 1 aromatic heterocycles. The molecule has 21 heavy (non-hydrogen) atoms. The highest BCUT2D eigenvalue weighted by molar-refractivity contribution is 5.38. The van der Waals surface area contributed by atoms with Gasteiger partial charge in [-0.1, -0.05) is 30.3 Å². The maximum absolute atomic E-state index is 8.71. The first-order chi connectivity index (χ1) is 10.3. The highest BCUT2D eigenvalue weighted by atomic mass is 15.1. The molecule has 0 spiro atoms. The van der Waals surface area contributed by atoms with Crippen molar-refractivity contribution < 1.29 is 0 Å². The van der Waals surface area contributed by atoms with Crippen molar-refractivity contribution in [1.29, 1.82) is 5.26 Å². The molecule has 0 saturated heterocycles. The fourth-order valence-electron chi connectivity index (χ4n) is 2.10. The Morgan fingerprint density at radius 1 is 1.19 bits per heavy atom. The quantitative estimate of drug-likeness (QED) is 0.792. The molecule has 0 fully saturated rings. The van der Waals surface area contributed by atoms with Gasteiger partial charge in [0, 0.05) is 19.3 Å². The number of hydrogen-bond acceptors (Lipinski definition) is 4. The molecule has 0 aliphatic carbocycles. The van der Waals surface area contributed by atoms with Crippen LogP contribution in [0, 0.1) is 11.3 Å². The zero-order valence-corrected chi connectivity index (χ0v) is 12.3. The first-order valence-corrected chi connectivity index (χ1v) is 7.10. The number of pyridine rings is 1. The summed E-state index contributed by atoms with van der Waals surface area (Å²) in [4.78, 5) is 6.50. The van der Waals surface area contributed by atoms with Crippen molar-refractivity contribution in [3.8, 4) is 6.07 Å². The van der Waals surface area contributed by atoms with Crippen molar-refractivity contribution in [2.45, 2.75) is 13.0 Å². The fourth-order valence-corrected chi connectivity index (χ4v) is 2.10. The van der Waals surface area contributed by atoms with Gasteiger partial charge >= 0.3 is 0 Å². The second kappa shape index (κ2) is 8.03. The molecule has 4 nitrogen and oxygen atoms in total. The molecule has 1 aromatic carbocycles. The van der Waals surface area contributed by atoms with E-state index in [0.717, 1.165) is 31.9 Å². The Balaban J connectivity index is 1.66. The van der Waals surface area contributed by atoms with Gasteiger partial charge in [-0.05, 0) is 37.7 Å². The molecular formula is C17H20N4. The van der Waals surface area contributed by atoms with Crippen molar-refractivity contribution in [2.24, 2.45) is 0 Å². The monoisotopic (exact) mass is 280 g/mol. The van der Waals surface area contributed by atoms with Gasteiger partial charge in [-0.25, -0.2) is 4.98 Å². The molecule has 108 valence electrons. The minimum atomic E-state index is 0.586. The number of anilines is 1. The lowest BCUT2D eigenvalue weighted by Crippen LogP contribution is -2.21. The lowest BCUT2D eigenvalue weighted by atomic mass is 10.2. The van der Waals surface area contributed by atoms with Gasteiger partial charge in [-0.15, -0.1) is 0 Å². The standard InChI is InChI=1S/C17H20N4/c1-21(14-15-6-3-2-4-7-15)11-5-10-19-17-9-8-16(12-18)13-20-17/h2-4,6-9,13H,5,10-11,14H2,1H3,(H,19,20). The van der Waals surface area contributed by atoms with E-state index in [-0.39, 0.29) is 0 Å². The second-order valence-electron chi connectivity index (χ2n) is 5.05. The molecule has 0 aliphatic rings. The van der Waals surface area contributed by atoms with Gasteiger partial charge in [-0.2, -0.15) is 5.26 Å². The van der Waals surface area contributed by atoms with Gasteiger partial charge in [0.15, 0.2) is 0 Å². The molecule has 0 unspecified atom stereocenters. The van der Waals surface area contributed by atoms with Crippen LogP contribution in [0.5, 0.6) is 0 Å². The largest absolute Gasteiger partial charge is 0.370 e. The van der Waals surface area contributed by atoms with E-state index in [9.17, 15) is 0 Å². The molecule has 1 N–H and O–H groups in total. The van der Waals surface area contributed by atoms with Crippen LogP contribution >= 0.6 is 0 Å². The van der Waals surface area contributed by atoms with Gasteiger partial charge in [0.05, 0.1) is 5.56 Å². The normalized spacial score (nSPS) is 10.3. The average molecular weight is 280 g/mol. The third-order valence-electron chi connectivity index (χ3n) is 3.21. The summed E-state index contributed by atoms with van der Waals surface area (Å²) in [6.45, 7) is 2.87. The molecular weight excluding hydrogens is 260 g/mol. The first kappa shape index (κ1) is 15.0. The topological polar surface area (TPSA) is 52.0 Å². The Morgan fingerprint density at radius 3 is 2.67 bits per heavy atom. The number of nitrogens with one attached hydrogen (secondary N) is 1. The van der Waals surface area contributed by atoms with E-state index < -0.39 is 0 Å². The third-order valence-corrected chi connectivity index (χ3v) is 3.21. The summed E-state index contributed by atoms with van der Waals surface area (Å²) < 4.78 is 0. The van der Waals surface area contributed by atoms with Gasteiger partial charge < -0.3 is 10.2 Å². The molecule has 4 heteroatoms. The van der Waals surface area contributed by atoms with Gasteiger partial charge in [-0.3, -0.25) is 0 Å². The Kier molecular flexibility index (Phi) is 5.74.